The van der Waals surface area contributed by atoms with Gasteiger partial charge in [-0.25, -0.2) is 13.1 Å². The fourth-order valence-electron chi connectivity index (χ4n) is 1.28. The number of hydrogen-bond donors (Lipinski definition) is 2. The number of nitrogen functional groups attached to an aromatic ring is 1. The Kier molecular flexibility index (Phi) is 3.95. The molecule has 3 N–H and O–H groups in total. The predicted octanol–water partition coefficient (Wildman–Crippen LogP) is 1.03. The van der Waals surface area contributed by atoms with E-state index in [0.717, 1.165) is 11.3 Å². The molecule has 0 radical (unpaired) electrons. The number of hydrogen-bond acceptors (Lipinski definition) is 5. The Morgan fingerprint density at radius 2 is 2.19 bits per heavy atom. The third-order valence-electron chi connectivity index (χ3n) is 1.78. The van der Waals surface area contributed by atoms with Gasteiger partial charge in [0.1, 0.15) is 4.21 Å². The lowest BCUT2D eigenvalue weighted by Gasteiger charge is -2.24. The van der Waals surface area contributed by atoms with Crippen molar-refractivity contribution in [2.45, 2.75) is 23.6 Å². The molecule has 0 bridgehead atoms. The average molecular weight is 264 g/mol. The van der Waals surface area contributed by atoms with Gasteiger partial charge in [0.05, 0.1) is 12.1 Å². The molecule has 1 aromatic rings. The summed E-state index contributed by atoms with van der Waals surface area (Å²) in [5.74, 6) is 0. The van der Waals surface area contributed by atoms with Crippen LogP contribution in [-0.4, -0.2) is 27.7 Å². The van der Waals surface area contributed by atoms with Gasteiger partial charge in [-0.2, -0.15) is 0 Å². The molecular weight excluding hydrogens is 248 g/mol. The quantitative estimate of drug-likeness (QED) is 0.832. The van der Waals surface area contributed by atoms with E-state index in [1.54, 1.807) is 19.2 Å². The van der Waals surface area contributed by atoms with Crippen molar-refractivity contribution in [3.8, 4) is 0 Å². The van der Waals surface area contributed by atoms with Crippen LogP contribution >= 0.6 is 11.3 Å². The summed E-state index contributed by atoms with van der Waals surface area (Å²) in [4.78, 5) is 0. The molecule has 1 heterocycles. The molecule has 0 aliphatic carbocycles. The zero-order valence-corrected chi connectivity index (χ0v) is 11.1. The van der Waals surface area contributed by atoms with Crippen LogP contribution in [0.4, 0.5) is 5.69 Å². The standard InChI is InChI=1S/C9H16N2O3S2/c1-9(2,6-14-3)11-16(12,13)8-4-7(10)5-15-8/h4-5,11H,6,10H2,1-3H3. The van der Waals surface area contributed by atoms with Gasteiger partial charge in [0.15, 0.2) is 0 Å². The van der Waals surface area contributed by atoms with Gasteiger partial charge in [0.25, 0.3) is 10.0 Å². The second kappa shape index (κ2) is 4.70. The molecule has 0 saturated heterocycles. The van der Waals surface area contributed by atoms with Crippen LogP contribution < -0.4 is 10.5 Å². The van der Waals surface area contributed by atoms with E-state index in [-0.39, 0.29) is 4.21 Å². The fourth-order valence-corrected chi connectivity index (χ4v) is 3.75. The Morgan fingerprint density at radius 1 is 1.56 bits per heavy atom. The highest BCUT2D eigenvalue weighted by Gasteiger charge is 2.27. The first-order chi connectivity index (χ1) is 7.27. The summed E-state index contributed by atoms with van der Waals surface area (Å²) in [5.41, 5.74) is 5.30. The second-order valence-electron chi connectivity index (χ2n) is 4.12. The van der Waals surface area contributed by atoms with E-state index in [9.17, 15) is 8.42 Å². The summed E-state index contributed by atoms with van der Waals surface area (Å²) in [6.45, 7) is 3.81. The minimum absolute atomic E-state index is 0.217. The van der Waals surface area contributed by atoms with Crippen molar-refractivity contribution in [3.05, 3.63) is 11.4 Å². The monoisotopic (exact) mass is 264 g/mol. The molecule has 0 amide bonds. The third kappa shape index (κ3) is 3.44. The van der Waals surface area contributed by atoms with Gasteiger partial charge in [-0.1, -0.05) is 0 Å². The first-order valence-electron chi connectivity index (χ1n) is 4.64. The fraction of sp³-hybridized carbons (Fsp3) is 0.556. The van der Waals surface area contributed by atoms with Crippen LogP contribution in [0.15, 0.2) is 15.7 Å². The molecular formula is C9H16N2O3S2. The SMILES string of the molecule is COCC(C)(C)NS(=O)(=O)c1cc(N)cs1. The van der Waals surface area contributed by atoms with Crippen molar-refractivity contribution in [2.75, 3.05) is 19.5 Å². The minimum Gasteiger partial charge on any atom is -0.398 e. The van der Waals surface area contributed by atoms with Crippen molar-refractivity contribution in [3.63, 3.8) is 0 Å². The molecule has 1 rings (SSSR count). The minimum atomic E-state index is -3.51. The highest BCUT2D eigenvalue weighted by molar-refractivity contribution is 7.91. The Bertz CT molecular complexity index is 451. The molecule has 16 heavy (non-hydrogen) atoms. The van der Waals surface area contributed by atoms with E-state index in [2.05, 4.69) is 4.72 Å². The lowest BCUT2D eigenvalue weighted by molar-refractivity contribution is 0.141. The predicted molar refractivity (Wildman–Crippen MR) is 65.0 cm³/mol. The number of nitrogens with one attached hydrogen (secondary N) is 1. The number of nitrogens with two attached hydrogens (primary N) is 1. The van der Waals surface area contributed by atoms with Gasteiger partial charge < -0.3 is 10.5 Å². The summed E-state index contributed by atoms with van der Waals surface area (Å²) in [6.07, 6.45) is 0. The number of anilines is 1. The van der Waals surface area contributed by atoms with E-state index >= 15 is 0 Å². The Balaban J connectivity index is 2.88. The van der Waals surface area contributed by atoms with Gasteiger partial charge in [-0.05, 0) is 19.9 Å². The van der Waals surface area contributed by atoms with Crippen molar-refractivity contribution >= 4 is 27.0 Å². The topological polar surface area (TPSA) is 81.4 Å². The van der Waals surface area contributed by atoms with Crippen LogP contribution in [0, 0.1) is 0 Å². The van der Waals surface area contributed by atoms with Gasteiger partial charge in [-0.3, -0.25) is 0 Å². The van der Waals surface area contributed by atoms with E-state index in [0.29, 0.717) is 12.3 Å². The largest absolute Gasteiger partial charge is 0.398 e. The molecule has 0 aliphatic rings. The lowest BCUT2D eigenvalue weighted by atomic mass is 10.1. The Hall–Kier alpha value is -0.630. The van der Waals surface area contributed by atoms with Crippen molar-refractivity contribution < 1.29 is 13.2 Å². The summed E-state index contributed by atoms with van der Waals surface area (Å²) in [7, 11) is -1.98. The third-order valence-corrected chi connectivity index (χ3v) is 4.93. The van der Waals surface area contributed by atoms with Crippen molar-refractivity contribution in [1.29, 1.82) is 0 Å². The van der Waals surface area contributed by atoms with E-state index in [1.165, 1.54) is 13.2 Å². The van der Waals surface area contributed by atoms with Crippen molar-refractivity contribution in [2.24, 2.45) is 0 Å². The van der Waals surface area contributed by atoms with Crippen LogP contribution in [0.25, 0.3) is 0 Å². The Labute approximate surface area is 99.7 Å². The molecule has 0 saturated carbocycles. The highest BCUT2D eigenvalue weighted by atomic mass is 32.2. The van der Waals surface area contributed by atoms with E-state index in [4.69, 9.17) is 10.5 Å². The van der Waals surface area contributed by atoms with Crippen LogP contribution in [0.3, 0.4) is 0 Å². The molecule has 5 nitrogen and oxygen atoms in total. The zero-order valence-electron chi connectivity index (χ0n) is 9.48. The lowest BCUT2D eigenvalue weighted by Crippen LogP contribution is -2.46. The van der Waals surface area contributed by atoms with Crippen LogP contribution in [0.1, 0.15) is 13.8 Å². The molecule has 0 aromatic carbocycles. The van der Waals surface area contributed by atoms with E-state index in [1.807, 2.05) is 0 Å². The number of thiophene rings is 1. The second-order valence-corrected chi connectivity index (χ2v) is 6.94. The van der Waals surface area contributed by atoms with Gasteiger partial charge in [0, 0.05) is 18.2 Å². The van der Waals surface area contributed by atoms with Crippen LogP contribution in [0.2, 0.25) is 0 Å². The maximum Gasteiger partial charge on any atom is 0.250 e. The number of methoxy groups -OCH3 is 1. The molecule has 0 aliphatic heterocycles. The smallest absolute Gasteiger partial charge is 0.250 e. The van der Waals surface area contributed by atoms with E-state index < -0.39 is 15.6 Å². The normalized spacial score (nSPS) is 12.9. The van der Waals surface area contributed by atoms with Crippen LogP contribution in [-0.2, 0) is 14.8 Å². The maximum atomic E-state index is 11.9. The van der Waals surface area contributed by atoms with Gasteiger partial charge >= 0.3 is 0 Å². The summed E-state index contributed by atoms with van der Waals surface area (Å²) < 4.78 is 31.6. The molecule has 92 valence electrons. The van der Waals surface area contributed by atoms with Crippen LogP contribution in [0.5, 0.6) is 0 Å². The summed E-state index contributed by atoms with van der Waals surface area (Å²) >= 11 is 1.10. The highest BCUT2D eigenvalue weighted by Crippen LogP contribution is 2.22. The first kappa shape index (κ1) is 13.4. The molecule has 0 atom stereocenters. The van der Waals surface area contributed by atoms with Gasteiger partial charge in [0.2, 0.25) is 0 Å². The van der Waals surface area contributed by atoms with Crippen molar-refractivity contribution in [1.82, 2.24) is 4.72 Å². The molecule has 0 unspecified atom stereocenters. The number of ether oxygens (including phenoxy) is 1. The molecule has 0 spiro atoms. The first-order valence-corrected chi connectivity index (χ1v) is 7.00. The zero-order chi connectivity index (χ0) is 12.4. The summed E-state index contributed by atoms with van der Waals surface area (Å²) in [6, 6.07) is 1.44. The number of rotatable bonds is 5. The summed E-state index contributed by atoms with van der Waals surface area (Å²) in [5, 5.41) is 1.60. The molecule has 1 aromatic heterocycles. The molecule has 0 fully saturated rings. The Morgan fingerprint density at radius 3 is 2.62 bits per heavy atom. The number of sulfonamides is 1. The maximum absolute atomic E-state index is 11.9. The molecule has 7 heteroatoms. The average Bonchev–Trinajstić information content (AvgIpc) is 2.49. The van der Waals surface area contributed by atoms with Gasteiger partial charge in [-0.15, -0.1) is 11.3 Å².